The van der Waals surface area contributed by atoms with E-state index in [2.05, 4.69) is 5.32 Å². The van der Waals surface area contributed by atoms with E-state index in [0.717, 1.165) is 0 Å². The molecule has 0 aromatic heterocycles. The fraction of sp³-hybridized carbons (Fsp3) is 0.556. The van der Waals surface area contributed by atoms with Gasteiger partial charge < -0.3 is 10.1 Å². The number of ether oxygens (including phenoxy) is 1. The lowest BCUT2D eigenvalue weighted by Gasteiger charge is -2.19. The molecule has 152 valence electrons. The van der Waals surface area contributed by atoms with Crippen LogP contribution < -0.4 is 5.32 Å². The van der Waals surface area contributed by atoms with Crippen molar-refractivity contribution in [3.05, 3.63) is 23.2 Å². The van der Waals surface area contributed by atoms with Gasteiger partial charge in [-0.1, -0.05) is 46.2 Å². The Bertz CT molecular complexity index is 783. The van der Waals surface area contributed by atoms with E-state index in [4.69, 9.17) is 16.3 Å². The van der Waals surface area contributed by atoms with E-state index >= 15 is 0 Å². The van der Waals surface area contributed by atoms with E-state index in [0.29, 0.717) is 13.1 Å². The predicted molar refractivity (Wildman–Crippen MR) is 105 cm³/mol. The van der Waals surface area contributed by atoms with Gasteiger partial charge in [0.25, 0.3) is 5.91 Å². The summed E-state index contributed by atoms with van der Waals surface area (Å²) in [6.45, 7) is 9.32. The Hall–Kier alpha value is -1.64. The number of hydrogen-bond donors (Lipinski definition) is 1. The number of sulfonamides is 1. The quantitative estimate of drug-likeness (QED) is 0.654. The molecule has 1 N–H and O–H groups in total. The van der Waals surface area contributed by atoms with E-state index in [1.165, 1.54) is 22.5 Å². The molecule has 0 aliphatic heterocycles. The topological polar surface area (TPSA) is 92.8 Å². The van der Waals surface area contributed by atoms with E-state index in [9.17, 15) is 18.0 Å². The Labute approximate surface area is 166 Å². The summed E-state index contributed by atoms with van der Waals surface area (Å²) in [6, 6.07) is 4.08. The maximum atomic E-state index is 12.6. The smallest absolute Gasteiger partial charge is 0.306 e. The van der Waals surface area contributed by atoms with Gasteiger partial charge in [0, 0.05) is 13.1 Å². The highest BCUT2D eigenvalue weighted by atomic mass is 35.5. The highest BCUT2D eigenvalue weighted by Crippen LogP contribution is 2.27. The van der Waals surface area contributed by atoms with Crippen molar-refractivity contribution < 1.29 is 22.7 Å². The second kappa shape index (κ2) is 9.52. The average molecular weight is 419 g/mol. The van der Waals surface area contributed by atoms with Crippen LogP contribution in [0, 0.1) is 5.41 Å². The number of esters is 1. The number of anilines is 1. The fourth-order valence-corrected chi connectivity index (χ4v) is 3.94. The lowest BCUT2D eigenvalue weighted by atomic mass is 9.92. The number of nitrogens with one attached hydrogen (secondary N) is 1. The van der Waals surface area contributed by atoms with Crippen molar-refractivity contribution >= 4 is 39.2 Å². The molecule has 0 aliphatic carbocycles. The van der Waals surface area contributed by atoms with Crippen molar-refractivity contribution in [1.82, 2.24) is 4.31 Å². The van der Waals surface area contributed by atoms with E-state index in [1.807, 2.05) is 20.8 Å². The third-order valence-electron chi connectivity index (χ3n) is 3.59. The summed E-state index contributed by atoms with van der Waals surface area (Å²) >= 11 is 6.06. The first-order valence-corrected chi connectivity index (χ1v) is 10.5. The van der Waals surface area contributed by atoms with Crippen molar-refractivity contribution in [2.45, 2.75) is 45.9 Å². The van der Waals surface area contributed by atoms with Crippen LogP contribution >= 0.6 is 11.6 Å². The summed E-state index contributed by atoms with van der Waals surface area (Å²) in [4.78, 5) is 23.8. The molecule has 7 nitrogen and oxygen atoms in total. The first-order valence-electron chi connectivity index (χ1n) is 8.66. The largest absolute Gasteiger partial charge is 0.456 e. The Morgan fingerprint density at radius 1 is 1.19 bits per heavy atom. The van der Waals surface area contributed by atoms with Gasteiger partial charge in [-0.2, -0.15) is 4.31 Å². The lowest BCUT2D eigenvalue weighted by Crippen LogP contribution is -2.30. The van der Waals surface area contributed by atoms with Crippen molar-refractivity contribution in [1.29, 1.82) is 0 Å². The summed E-state index contributed by atoms with van der Waals surface area (Å²) in [5.74, 6) is -1.09. The van der Waals surface area contributed by atoms with Crippen molar-refractivity contribution in [3.63, 3.8) is 0 Å². The third kappa shape index (κ3) is 7.12. The highest BCUT2D eigenvalue weighted by molar-refractivity contribution is 7.89. The van der Waals surface area contributed by atoms with Crippen LogP contribution in [0.1, 0.15) is 41.0 Å². The molecule has 0 saturated carbocycles. The highest BCUT2D eigenvalue weighted by Gasteiger charge is 2.23. The molecular formula is C18H27ClN2O5S. The fourth-order valence-electron chi connectivity index (χ4n) is 2.29. The number of rotatable bonds is 8. The average Bonchev–Trinajstić information content (AvgIpc) is 2.54. The molecule has 0 atom stereocenters. The minimum atomic E-state index is -3.68. The van der Waals surface area contributed by atoms with Crippen LogP contribution in [0.4, 0.5) is 5.69 Å². The maximum Gasteiger partial charge on any atom is 0.306 e. The minimum Gasteiger partial charge on any atom is -0.456 e. The van der Waals surface area contributed by atoms with Crippen LogP contribution in [0.25, 0.3) is 0 Å². The second-order valence-corrected chi connectivity index (χ2v) is 9.52. The normalized spacial score (nSPS) is 12.1. The van der Waals surface area contributed by atoms with E-state index in [-0.39, 0.29) is 27.4 Å². The third-order valence-corrected chi connectivity index (χ3v) is 5.97. The minimum absolute atomic E-state index is 0.0237. The molecule has 0 unspecified atom stereocenters. The number of amides is 1. The van der Waals surface area contributed by atoms with Gasteiger partial charge in [0.1, 0.15) is 0 Å². The number of halogens is 1. The monoisotopic (exact) mass is 418 g/mol. The molecule has 0 radical (unpaired) electrons. The zero-order valence-electron chi connectivity index (χ0n) is 16.3. The van der Waals surface area contributed by atoms with Crippen molar-refractivity contribution in [2.75, 3.05) is 25.0 Å². The zero-order valence-corrected chi connectivity index (χ0v) is 17.9. The molecule has 27 heavy (non-hydrogen) atoms. The van der Waals surface area contributed by atoms with E-state index in [1.54, 1.807) is 13.8 Å². The number of hydrogen-bond acceptors (Lipinski definition) is 5. The van der Waals surface area contributed by atoms with Gasteiger partial charge in [0.05, 0.1) is 22.0 Å². The molecule has 0 heterocycles. The standard InChI is InChI=1S/C18H27ClN2O5S/c1-6-21(7-2)27(24,25)13-8-9-14(19)15(10-13)20-16(22)12-26-17(23)11-18(3,4)5/h8-10H,6-7,11-12H2,1-5H3,(H,20,22). The van der Waals surface area contributed by atoms with Crippen LogP contribution in [-0.4, -0.2) is 44.3 Å². The molecule has 0 spiro atoms. The summed E-state index contributed by atoms with van der Waals surface area (Å²) in [5, 5.41) is 2.67. The first-order chi connectivity index (χ1) is 12.4. The number of benzene rings is 1. The molecule has 0 aliphatic rings. The summed E-state index contributed by atoms with van der Waals surface area (Å²) < 4.78 is 31.4. The number of nitrogens with zero attached hydrogens (tertiary/aromatic N) is 1. The Morgan fingerprint density at radius 2 is 1.78 bits per heavy atom. The van der Waals surface area contributed by atoms with Crippen molar-refractivity contribution in [3.8, 4) is 0 Å². The predicted octanol–water partition coefficient (Wildman–Crippen LogP) is 3.29. The van der Waals surface area contributed by atoms with E-state index < -0.39 is 28.5 Å². The van der Waals surface area contributed by atoms with Crippen molar-refractivity contribution in [2.24, 2.45) is 5.41 Å². The zero-order chi connectivity index (χ0) is 20.8. The van der Waals surface area contributed by atoms with Gasteiger partial charge in [0.15, 0.2) is 6.61 Å². The lowest BCUT2D eigenvalue weighted by molar-refractivity contribution is -0.149. The molecule has 1 amide bonds. The van der Waals surface area contributed by atoms with Gasteiger partial charge in [-0.05, 0) is 23.6 Å². The molecule has 9 heteroatoms. The van der Waals surface area contributed by atoms with Crippen LogP contribution in [0.2, 0.25) is 5.02 Å². The Morgan fingerprint density at radius 3 is 2.30 bits per heavy atom. The summed E-state index contributed by atoms with van der Waals surface area (Å²) in [6.07, 6.45) is 0.179. The second-order valence-electron chi connectivity index (χ2n) is 7.18. The summed E-state index contributed by atoms with van der Waals surface area (Å²) in [5.41, 5.74) is -0.106. The molecule has 0 bridgehead atoms. The van der Waals surface area contributed by atoms with Crippen LogP contribution in [-0.2, 0) is 24.3 Å². The SMILES string of the molecule is CCN(CC)S(=O)(=O)c1ccc(Cl)c(NC(=O)COC(=O)CC(C)(C)C)c1. The molecule has 1 aromatic rings. The van der Waals surface area contributed by atoms with Gasteiger partial charge in [0.2, 0.25) is 10.0 Å². The maximum absolute atomic E-state index is 12.6. The molecule has 0 saturated heterocycles. The molecular weight excluding hydrogens is 392 g/mol. The Balaban J connectivity index is 2.87. The number of carbonyl (C=O) groups excluding carboxylic acids is 2. The van der Waals surface area contributed by atoms with Gasteiger partial charge in [-0.15, -0.1) is 0 Å². The van der Waals surface area contributed by atoms with Crippen LogP contribution in [0.15, 0.2) is 23.1 Å². The van der Waals surface area contributed by atoms with Crippen LogP contribution in [0.3, 0.4) is 0 Å². The molecule has 1 rings (SSSR count). The van der Waals surface area contributed by atoms with Gasteiger partial charge in [-0.3, -0.25) is 9.59 Å². The Kier molecular flexibility index (Phi) is 8.25. The van der Waals surface area contributed by atoms with Crippen LogP contribution in [0.5, 0.6) is 0 Å². The molecule has 1 aromatic carbocycles. The number of carbonyl (C=O) groups is 2. The van der Waals surface area contributed by atoms with Gasteiger partial charge >= 0.3 is 5.97 Å². The summed E-state index contributed by atoms with van der Waals surface area (Å²) in [7, 11) is -3.68. The molecule has 0 fully saturated rings. The van der Waals surface area contributed by atoms with Gasteiger partial charge in [-0.25, -0.2) is 8.42 Å². The first kappa shape index (κ1) is 23.4.